The van der Waals surface area contributed by atoms with Crippen LogP contribution in [-0.2, 0) is 11.3 Å². The molecule has 0 aliphatic heterocycles. The minimum atomic E-state index is -4.14. The molecule has 2 aromatic carbocycles. The molecule has 1 heterocycles. The summed E-state index contributed by atoms with van der Waals surface area (Å²) in [4.78, 5) is 31.2. The van der Waals surface area contributed by atoms with Gasteiger partial charge in [-0.15, -0.1) is 0 Å². The van der Waals surface area contributed by atoms with Crippen molar-refractivity contribution in [1.82, 2.24) is 4.57 Å². The van der Waals surface area contributed by atoms with E-state index in [2.05, 4.69) is 0 Å². The summed E-state index contributed by atoms with van der Waals surface area (Å²) in [6, 6.07) is 9.58. The largest absolute Gasteiger partial charge is 2.00 e. The number of halogens is 1. The number of nitrogens with zero attached hydrogens (tertiary/aromatic N) is 1. The Kier molecular flexibility index (Phi) is 11.3. The van der Waals surface area contributed by atoms with Crippen LogP contribution < -0.4 is 24.7 Å². The molecule has 0 atom stereocenters. The molecule has 0 amide bonds. The second-order valence-electron chi connectivity index (χ2n) is 6.60. The van der Waals surface area contributed by atoms with Crippen LogP contribution >= 0.6 is 7.60 Å². The third-order valence-corrected chi connectivity index (χ3v) is 4.15. The summed E-state index contributed by atoms with van der Waals surface area (Å²) >= 11 is 0. The Morgan fingerprint density at radius 3 is 2.25 bits per heavy atom. The average molecular weight is 491 g/mol. The van der Waals surface area contributed by atoms with Crippen molar-refractivity contribution in [2.24, 2.45) is 0 Å². The normalized spacial score (nSPS) is 10.7. The minimum absolute atomic E-state index is 0. The summed E-state index contributed by atoms with van der Waals surface area (Å²) in [7, 11) is -2.59. The number of pyridine rings is 1. The Bertz CT molecular complexity index is 1140. The molecule has 0 radical (unpaired) electrons. The zero-order chi connectivity index (χ0) is 23.2. The van der Waals surface area contributed by atoms with Crippen LogP contribution in [0.1, 0.15) is 13.3 Å². The van der Waals surface area contributed by atoms with Crippen molar-refractivity contribution in [3.05, 3.63) is 58.6 Å². The molecule has 8 nitrogen and oxygen atoms in total. The van der Waals surface area contributed by atoms with Crippen LogP contribution in [-0.4, -0.2) is 67.8 Å². The van der Waals surface area contributed by atoms with Crippen molar-refractivity contribution >= 4 is 56.2 Å². The van der Waals surface area contributed by atoms with Gasteiger partial charge < -0.3 is 33.5 Å². The number of methoxy groups -OCH3 is 1. The van der Waals surface area contributed by atoms with Gasteiger partial charge in [0.25, 0.3) is 0 Å². The first kappa shape index (κ1) is 28.6. The summed E-state index contributed by atoms with van der Waals surface area (Å²) in [6.07, 6.45) is 2.29. The predicted molar refractivity (Wildman–Crippen MR) is 117 cm³/mol. The molecule has 168 valence electrons. The fourth-order valence-electron chi connectivity index (χ4n) is 2.88. The SMILES string of the molecule is CCCOc1ccc(F)c2c(=O)c(-c3ccc(OC)cc3)cn(CO)c12.CP(=O)([O-])[O-].[Ca+2]. The molecule has 11 heteroatoms. The first-order valence-electron chi connectivity index (χ1n) is 9.34. The van der Waals surface area contributed by atoms with E-state index in [1.807, 2.05) is 6.92 Å². The van der Waals surface area contributed by atoms with Gasteiger partial charge in [-0.05, 0) is 42.9 Å². The minimum Gasteiger partial charge on any atom is -0.811 e. The van der Waals surface area contributed by atoms with Crippen LogP contribution in [0.4, 0.5) is 4.39 Å². The molecule has 0 saturated carbocycles. The standard InChI is InChI=1S/C20H20FNO4.CH5O3P.Ca/c1-3-10-26-17-9-8-16(21)18-19(17)22(12-23)11-15(20(18)24)13-4-6-14(25-2)7-5-13;1-5(2,3)4;/h4-9,11,23H,3,10,12H2,1-2H3;1H3,(H2,2,3,4);/q;;+2/p-2. The van der Waals surface area contributed by atoms with Gasteiger partial charge in [-0.3, -0.25) is 4.79 Å². The number of ether oxygens (including phenoxy) is 2. The van der Waals surface area contributed by atoms with Crippen molar-refractivity contribution in [2.75, 3.05) is 20.4 Å². The van der Waals surface area contributed by atoms with Gasteiger partial charge in [0.05, 0.1) is 24.6 Å². The zero-order valence-corrected chi connectivity index (χ0v) is 21.1. The van der Waals surface area contributed by atoms with Crippen LogP contribution in [0, 0.1) is 5.82 Å². The van der Waals surface area contributed by atoms with Gasteiger partial charge in [0, 0.05) is 11.8 Å². The number of hydrogen-bond donors (Lipinski definition) is 1. The van der Waals surface area contributed by atoms with Gasteiger partial charge in [0.1, 0.15) is 24.0 Å². The summed E-state index contributed by atoms with van der Waals surface area (Å²) in [5.74, 6) is 0.376. The maximum atomic E-state index is 14.5. The van der Waals surface area contributed by atoms with E-state index in [1.54, 1.807) is 31.4 Å². The second kappa shape index (κ2) is 12.7. The van der Waals surface area contributed by atoms with Gasteiger partial charge >= 0.3 is 37.7 Å². The smallest absolute Gasteiger partial charge is 0.811 e. The molecule has 0 aliphatic carbocycles. The summed E-state index contributed by atoms with van der Waals surface area (Å²) in [5.41, 5.74) is 0.706. The average Bonchev–Trinajstić information content (AvgIpc) is 2.72. The molecule has 32 heavy (non-hydrogen) atoms. The molecule has 0 fully saturated rings. The van der Waals surface area contributed by atoms with Crippen LogP contribution in [0.15, 0.2) is 47.4 Å². The van der Waals surface area contributed by atoms with E-state index in [-0.39, 0.29) is 48.6 Å². The van der Waals surface area contributed by atoms with Crippen LogP contribution in [0.5, 0.6) is 11.5 Å². The van der Waals surface area contributed by atoms with Crippen molar-refractivity contribution < 1.29 is 33.3 Å². The molecule has 0 saturated heterocycles. The second-order valence-corrected chi connectivity index (χ2v) is 8.14. The number of rotatable bonds is 6. The van der Waals surface area contributed by atoms with Gasteiger partial charge in [0.15, 0.2) is 5.43 Å². The summed E-state index contributed by atoms with van der Waals surface area (Å²) < 4.78 is 35.8. The summed E-state index contributed by atoms with van der Waals surface area (Å²) in [6.45, 7) is 2.60. The van der Waals surface area contributed by atoms with E-state index < -0.39 is 25.6 Å². The Balaban J connectivity index is 0.000000770. The Hall–Kier alpha value is -1.45. The Morgan fingerprint density at radius 2 is 1.75 bits per heavy atom. The quantitative estimate of drug-likeness (QED) is 0.411. The first-order chi connectivity index (χ1) is 14.6. The molecule has 0 spiro atoms. The van der Waals surface area contributed by atoms with Gasteiger partial charge in [-0.25, -0.2) is 4.39 Å². The van der Waals surface area contributed by atoms with Crippen molar-refractivity contribution in [3.63, 3.8) is 0 Å². The van der Waals surface area contributed by atoms with Gasteiger partial charge in [0.2, 0.25) is 0 Å². The van der Waals surface area contributed by atoms with E-state index in [1.165, 1.54) is 22.9 Å². The molecule has 1 N–H and O–H groups in total. The van der Waals surface area contributed by atoms with Crippen LogP contribution in [0.3, 0.4) is 0 Å². The molecule has 1 aromatic heterocycles. The van der Waals surface area contributed by atoms with Crippen molar-refractivity contribution in [3.8, 4) is 22.6 Å². The van der Waals surface area contributed by atoms with Crippen molar-refractivity contribution in [1.29, 1.82) is 0 Å². The maximum Gasteiger partial charge on any atom is 2.00 e. The van der Waals surface area contributed by atoms with Crippen LogP contribution in [0.2, 0.25) is 0 Å². The fourth-order valence-corrected chi connectivity index (χ4v) is 2.88. The van der Waals surface area contributed by atoms with E-state index in [0.29, 0.717) is 35.9 Å². The number of aromatic nitrogens is 1. The van der Waals surface area contributed by atoms with E-state index in [4.69, 9.17) is 23.8 Å². The fraction of sp³-hybridized carbons (Fsp3) is 0.286. The number of aliphatic hydroxyl groups is 1. The molecule has 0 unspecified atom stereocenters. The number of aliphatic hydroxyl groups excluding tert-OH is 1. The van der Waals surface area contributed by atoms with Gasteiger partial charge in [-0.1, -0.05) is 26.7 Å². The van der Waals surface area contributed by atoms with E-state index in [9.17, 15) is 14.3 Å². The van der Waals surface area contributed by atoms with E-state index in [0.717, 1.165) is 6.42 Å². The number of benzene rings is 2. The Morgan fingerprint density at radius 1 is 1.16 bits per heavy atom. The Labute approximate surface area is 214 Å². The monoisotopic (exact) mass is 491 g/mol. The molecular weight excluding hydrogens is 468 g/mol. The summed E-state index contributed by atoms with van der Waals surface area (Å²) in [5, 5.41) is 9.69. The van der Waals surface area contributed by atoms with Crippen molar-refractivity contribution in [2.45, 2.75) is 20.1 Å². The number of hydrogen-bond acceptors (Lipinski definition) is 7. The van der Waals surface area contributed by atoms with Crippen LogP contribution in [0.25, 0.3) is 22.0 Å². The molecule has 3 rings (SSSR count). The molecule has 0 aliphatic rings. The zero-order valence-electron chi connectivity index (χ0n) is 18.0. The third-order valence-electron chi connectivity index (χ3n) is 4.15. The molecule has 3 aromatic rings. The topological polar surface area (TPSA) is 124 Å². The number of fused-ring (bicyclic) bond motifs is 1. The first-order valence-corrected chi connectivity index (χ1v) is 11.3. The van der Waals surface area contributed by atoms with E-state index >= 15 is 0 Å². The molecule has 0 bridgehead atoms. The van der Waals surface area contributed by atoms with Gasteiger partial charge in [-0.2, -0.15) is 0 Å². The molecular formula is C21H23CaFNO7P. The third kappa shape index (κ3) is 7.56. The maximum absolute atomic E-state index is 14.5. The predicted octanol–water partition coefficient (Wildman–Crippen LogP) is 1.70.